The van der Waals surface area contributed by atoms with E-state index in [1.807, 2.05) is 81.7 Å². The number of oxime groups is 1. The molecular weight excluding hydrogens is 642 g/mol. The minimum atomic E-state index is -1.40. The molecule has 5 atom stereocenters. The number of carbonyl (C=O) groups excluding carboxylic acids is 2. The maximum Gasteiger partial charge on any atom is 0.261 e. The number of nitrogens with one attached hydrogen (secondary N) is 4. The molecule has 2 amide bonds. The van der Waals surface area contributed by atoms with Crippen LogP contribution < -0.4 is 10.6 Å². The Labute approximate surface area is 289 Å². The lowest BCUT2D eigenvalue weighted by Crippen LogP contribution is -2.50. The van der Waals surface area contributed by atoms with Crippen molar-refractivity contribution in [2.45, 2.75) is 77.9 Å². The van der Waals surface area contributed by atoms with E-state index >= 15 is 0 Å². The van der Waals surface area contributed by atoms with Gasteiger partial charge >= 0.3 is 0 Å². The van der Waals surface area contributed by atoms with Crippen molar-refractivity contribution in [1.82, 2.24) is 30.7 Å². The van der Waals surface area contributed by atoms with Crippen molar-refractivity contribution in [3.63, 3.8) is 0 Å². The average molecular weight is 688 g/mol. The fourth-order valence-corrected chi connectivity index (χ4v) is 6.00. The van der Waals surface area contributed by atoms with E-state index < -0.39 is 54.2 Å². The van der Waals surface area contributed by atoms with Crippen LogP contribution in [0, 0.1) is 12.3 Å². The molecule has 3 aromatic heterocycles. The van der Waals surface area contributed by atoms with Gasteiger partial charge in [-0.15, -0.1) is 0 Å². The second kappa shape index (κ2) is 15.7. The van der Waals surface area contributed by atoms with E-state index in [9.17, 15) is 19.8 Å². The van der Waals surface area contributed by atoms with Crippen LogP contribution >= 0.6 is 0 Å². The van der Waals surface area contributed by atoms with Crippen molar-refractivity contribution in [2.24, 2.45) is 10.6 Å². The highest BCUT2D eigenvalue weighted by Gasteiger charge is 2.36. The third kappa shape index (κ3) is 8.56. The average Bonchev–Trinajstić information content (AvgIpc) is 3.81. The number of aryl methyl sites for hydroxylation is 1. The number of aliphatic hydroxyl groups excluding tert-OH is 2. The van der Waals surface area contributed by atoms with Crippen LogP contribution in [0.5, 0.6) is 0 Å². The second-order valence-corrected chi connectivity index (χ2v) is 13.4. The van der Waals surface area contributed by atoms with Gasteiger partial charge in [-0.1, -0.05) is 67.5 Å². The maximum atomic E-state index is 14.1. The highest BCUT2D eigenvalue weighted by atomic mass is 16.6. The molecule has 0 saturated heterocycles. The number of aliphatic hydroxyl groups is 2. The van der Waals surface area contributed by atoms with Crippen molar-refractivity contribution in [3.8, 4) is 0 Å². The predicted octanol–water partition coefficient (Wildman–Crippen LogP) is 3.64. The molecule has 0 spiro atoms. The molecule has 3 heterocycles. The van der Waals surface area contributed by atoms with E-state index in [2.05, 4.69) is 35.9 Å². The monoisotopic (exact) mass is 687 g/mol. The number of para-hydroxylation sites is 2. The molecule has 5 aromatic rings. The largest absolute Gasteiger partial charge is 0.390 e. The number of hydrogen-bond acceptors (Lipinski definition) is 10. The minimum absolute atomic E-state index is 0.0332. The first-order valence-corrected chi connectivity index (χ1v) is 16.4. The van der Waals surface area contributed by atoms with Crippen molar-refractivity contribution < 1.29 is 33.9 Å². The number of carbonyl (C=O) groups is 2. The van der Waals surface area contributed by atoms with Gasteiger partial charge in [0.15, 0.2) is 12.4 Å². The van der Waals surface area contributed by atoms with Crippen LogP contribution in [0.25, 0.3) is 21.8 Å². The fraction of sp³-hybridized carbons (Fsp3) is 0.417. The summed E-state index contributed by atoms with van der Waals surface area (Å²) >= 11 is 0. The van der Waals surface area contributed by atoms with E-state index in [-0.39, 0.29) is 18.0 Å². The van der Waals surface area contributed by atoms with Gasteiger partial charge in [0.05, 0.1) is 6.10 Å². The quantitative estimate of drug-likeness (QED) is 0.0702. The summed E-state index contributed by atoms with van der Waals surface area (Å²) in [5, 5.41) is 36.5. The minimum Gasteiger partial charge on any atom is -0.390 e. The van der Waals surface area contributed by atoms with Crippen LogP contribution in [0.2, 0.25) is 0 Å². The van der Waals surface area contributed by atoms with Crippen molar-refractivity contribution in [1.29, 1.82) is 0 Å². The van der Waals surface area contributed by atoms with E-state index in [1.54, 1.807) is 6.92 Å². The van der Waals surface area contributed by atoms with Crippen LogP contribution in [0.1, 0.15) is 56.6 Å². The SMILES string of the molecule is CO[C@H](/C(=N/OCC(=O)N[C@@H](Cc1c[nH]c2ccccc12)C(=O)N[C@@H](Cc1c[nH]c2ccccc12)c1nc(C)no1)C(O)C(C)O)C(C)(C)C. The van der Waals surface area contributed by atoms with Gasteiger partial charge in [0.2, 0.25) is 11.8 Å². The maximum absolute atomic E-state index is 14.1. The van der Waals surface area contributed by atoms with Crippen LogP contribution in [0.15, 0.2) is 70.6 Å². The van der Waals surface area contributed by atoms with E-state index in [0.717, 1.165) is 32.9 Å². The van der Waals surface area contributed by atoms with Gasteiger partial charge in [0, 0.05) is 54.2 Å². The highest BCUT2D eigenvalue weighted by Crippen LogP contribution is 2.26. The van der Waals surface area contributed by atoms with Crippen LogP contribution in [-0.2, 0) is 32.0 Å². The van der Waals surface area contributed by atoms with Crippen LogP contribution in [0.4, 0.5) is 0 Å². The van der Waals surface area contributed by atoms with Gasteiger partial charge in [-0.2, -0.15) is 4.98 Å². The standard InChI is InChI=1S/C36H45N7O7/c1-20(44)32(46)31(33(48-6)36(3,4)5)43-49-19-30(45)40-28(15-22-17-37-26-13-9-7-11-24(22)26)34(47)41-29(35-39-21(2)42-50-35)16-23-18-38-27-14-10-8-12-25(23)27/h7-14,17-18,20,28-29,32-33,37-38,44,46H,15-16,19H2,1-6H3,(H,40,45)(H,41,47)/b43-31+/t20?,28-,29-,32?,33+/m0/s1. The molecule has 2 aromatic carbocycles. The first-order valence-electron chi connectivity index (χ1n) is 16.4. The number of fused-ring (bicyclic) bond motifs is 2. The molecule has 14 heteroatoms. The summed E-state index contributed by atoms with van der Waals surface area (Å²) in [7, 11) is 1.46. The lowest BCUT2D eigenvalue weighted by Gasteiger charge is -2.32. The smallest absolute Gasteiger partial charge is 0.261 e. The molecule has 0 aliphatic rings. The third-order valence-corrected chi connectivity index (χ3v) is 8.42. The van der Waals surface area contributed by atoms with Gasteiger partial charge in [-0.3, -0.25) is 9.59 Å². The number of hydrogen-bond donors (Lipinski definition) is 6. The molecule has 0 aliphatic carbocycles. The Morgan fingerprint density at radius 1 is 0.960 bits per heavy atom. The van der Waals surface area contributed by atoms with Gasteiger partial charge in [0.25, 0.3) is 5.91 Å². The first kappa shape index (κ1) is 36.2. The molecule has 266 valence electrons. The van der Waals surface area contributed by atoms with Crippen molar-refractivity contribution in [2.75, 3.05) is 13.7 Å². The summed E-state index contributed by atoms with van der Waals surface area (Å²) in [4.78, 5) is 43.8. The van der Waals surface area contributed by atoms with Crippen molar-refractivity contribution >= 4 is 39.3 Å². The van der Waals surface area contributed by atoms with E-state index in [0.29, 0.717) is 12.2 Å². The summed E-state index contributed by atoms with van der Waals surface area (Å²) < 4.78 is 11.1. The van der Waals surface area contributed by atoms with Gasteiger partial charge < -0.3 is 44.9 Å². The third-order valence-electron chi connectivity index (χ3n) is 8.42. The molecule has 0 aliphatic heterocycles. The Balaban J connectivity index is 1.39. The number of methoxy groups -OCH3 is 1. The zero-order chi connectivity index (χ0) is 36.0. The number of ether oxygens (including phenoxy) is 1. The number of aromatic amines is 2. The lowest BCUT2D eigenvalue weighted by molar-refractivity contribution is -0.132. The second-order valence-electron chi connectivity index (χ2n) is 13.4. The number of amides is 2. The number of benzene rings is 2. The molecular formula is C36H45N7O7. The van der Waals surface area contributed by atoms with E-state index in [1.165, 1.54) is 14.0 Å². The normalized spacial score (nSPS) is 15.4. The molecule has 0 radical (unpaired) electrons. The Kier molecular flexibility index (Phi) is 11.3. The zero-order valence-corrected chi connectivity index (χ0v) is 29.1. The molecule has 6 N–H and O–H groups in total. The van der Waals surface area contributed by atoms with E-state index in [4.69, 9.17) is 14.1 Å². The Morgan fingerprint density at radius 2 is 1.56 bits per heavy atom. The summed E-state index contributed by atoms with van der Waals surface area (Å²) in [5.74, 6) is -0.468. The Bertz CT molecular complexity index is 1940. The molecule has 50 heavy (non-hydrogen) atoms. The summed E-state index contributed by atoms with van der Waals surface area (Å²) in [5.41, 5.74) is 3.11. The molecule has 5 rings (SSSR count). The fourth-order valence-electron chi connectivity index (χ4n) is 6.00. The number of H-pyrrole nitrogens is 2. The molecule has 0 fully saturated rings. The lowest BCUT2D eigenvalue weighted by atomic mass is 9.83. The Hall–Kier alpha value is -5.05. The molecule has 2 unspecified atom stereocenters. The summed E-state index contributed by atoms with van der Waals surface area (Å²) in [6.45, 7) is 8.18. The van der Waals surface area contributed by atoms with Gasteiger partial charge in [0.1, 0.15) is 30.0 Å². The van der Waals surface area contributed by atoms with Crippen LogP contribution in [0.3, 0.4) is 0 Å². The van der Waals surface area contributed by atoms with Crippen LogP contribution in [-0.4, -0.2) is 85.9 Å². The number of aromatic nitrogens is 4. The number of nitrogens with zero attached hydrogens (tertiary/aromatic N) is 3. The van der Waals surface area contributed by atoms with Gasteiger partial charge in [-0.25, -0.2) is 0 Å². The molecule has 0 bridgehead atoms. The molecule has 14 nitrogen and oxygen atoms in total. The molecule has 0 saturated carbocycles. The van der Waals surface area contributed by atoms with Crippen molar-refractivity contribution in [3.05, 3.63) is 83.8 Å². The number of rotatable bonds is 15. The predicted molar refractivity (Wildman–Crippen MR) is 187 cm³/mol. The zero-order valence-electron chi connectivity index (χ0n) is 29.1. The highest BCUT2D eigenvalue weighted by molar-refractivity contribution is 5.94. The summed E-state index contributed by atoms with van der Waals surface area (Å²) in [6.07, 6.45) is 0.885. The summed E-state index contributed by atoms with van der Waals surface area (Å²) in [6, 6.07) is 13.8. The first-order chi connectivity index (χ1) is 23.8. The topological polar surface area (TPSA) is 200 Å². The van der Waals surface area contributed by atoms with Gasteiger partial charge in [-0.05, 0) is 42.5 Å². The Morgan fingerprint density at radius 3 is 2.10 bits per heavy atom.